The molecule has 1 aliphatic heterocycles. The smallest absolute Gasteiger partial charge is 0.127 e. The molecule has 2 aromatic rings. The lowest BCUT2D eigenvalue weighted by Gasteiger charge is -2.09. The molecule has 3 rings (SSSR count). The molecule has 0 radical (unpaired) electrons. The van der Waals surface area contributed by atoms with Crippen LogP contribution in [-0.4, -0.2) is 22.2 Å². The summed E-state index contributed by atoms with van der Waals surface area (Å²) in [6, 6.07) is 4.40. The summed E-state index contributed by atoms with van der Waals surface area (Å²) < 4.78 is 8.94. The summed E-state index contributed by atoms with van der Waals surface area (Å²) in [7, 11) is 0. The standard InChI is InChI=1S/C15H18BrN3O/c1-10(17)4-14-8-19(9-18-14)7-12-6-13(16)5-11-2-3-20-15(11)12/h5-6,8-10H,2-4,7,17H2,1H3. The van der Waals surface area contributed by atoms with Crippen molar-refractivity contribution in [2.75, 3.05) is 6.61 Å². The highest BCUT2D eigenvalue weighted by molar-refractivity contribution is 9.10. The van der Waals surface area contributed by atoms with E-state index in [9.17, 15) is 0 Å². The fraction of sp³-hybridized carbons (Fsp3) is 0.400. The number of nitrogens with zero attached hydrogens (tertiary/aromatic N) is 2. The Morgan fingerprint density at radius 1 is 1.50 bits per heavy atom. The molecular formula is C15H18BrN3O. The number of fused-ring (bicyclic) bond motifs is 1. The Kier molecular flexibility index (Phi) is 3.81. The summed E-state index contributed by atoms with van der Waals surface area (Å²) >= 11 is 3.57. The van der Waals surface area contributed by atoms with E-state index in [1.165, 1.54) is 11.1 Å². The van der Waals surface area contributed by atoms with Crippen molar-refractivity contribution in [3.8, 4) is 5.75 Å². The molecular weight excluding hydrogens is 318 g/mol. The van der Waals surface area contributed by atoms with Gasteiger partial charge in [0.2, 0.25) is 0 Å². The molecule has 1 aromatic carbocycles. The maximum Gasteiger partial charge on any atom is 0.127 e. The van der Waals surface area contributed by atoms with Crippen LogP contribution in [0.5, 0.6) is 5.75 Å². The van der Waals surface area contributed by atoms with E-state index in [0.717, 1.165) is 41.9 Å². The normalized spacial score (nSPS) is 14.9. The molecule has 1 unspecified atom stereocenters. The zero-order valence-electron chi connectivity index (χ0n) is 11.5. The van der Waals surface area contributed by atoms with Gasteiger partial charge in [-0.1, -0.05) is 15.9 Å². The Morgan fingerprint density at radius 2 is 2.35 bits per heavy atom. The van der Waals surface area contributed by atoms with Crippen molar-refractivity contribution in [1.82, 2.24) is 9.55 Å². The van der Waals surface area contributed by atoms with Gasteiger partial charge in [-0.25, -0.2) is 4.98 Å². The Labute approximate surface area is 127 Å². The van der Waals surface area contributed by atoms with Crippen molar-refractivity contribution in [1.29, 1.82) is 0 Å². The molecule has 0 saturated heterocycles. The number of benzene rings is 1. The summed E-state index contributed by atoms with van der Waals surface area (Å²) in [5.41, 5.74) is 9.31. The number of rotatable bonds is 4. The number of ether oxygens (including phenoxy) is 1. The first-order valence-electron chi connectivity index (χ1n) is 6.82. The van der Waals surface area contributed by atoms with Crippen molar-refractivity contribution in [2.24, 2.45) is 5.73 Å². The lowest BCUT2D eigenvalue weighted by molar-refractivity contribution is 0.352. The average molecular weight is 336 g/mol. The summed E-state index contributed by atoms with van der Waals surface area (Å²) in [4.78, 5) is 4.40. The van der Waals surface area contributed by atoms with Gasteiger partial charge in [0.05, 0.1) is 25.2 Å². The second kappa shape index (κ2) is 5.58. The van der Waals surface area contributed by atoms with E-state index >= 15 is 0 Å². The largest absolute Gasteiger partial charge is 0.493 e. The number of hydrogen-bond acceptors (Lipinski definition) is 3. The van der Waals surface area contributed by atoms with Crippen LogP contribution in [0.1, 0.15) is 23.7 Å². The van der Waals surface area contributed by atoms with Gasteiger partial charge in [0.25, 0.3) is 0 Å². The number of aromatic nitrogens is 2. The molecule has 2 N–H and O–H groups in total. The Balaban J connectivity index is 1.83. The maximum absolute atomic E-state index is 5.80. The molecule has 0 saturated carbocycles. The summed E-state index contributed by atoms with van der Waals surface area (Å²) in [6.07, 6.45) is 5.72. The van der Waals surface area contributed by atoms with Crippen LogP contribution >= 0.6 is 15.9 Å². The molecule has 0 aliphatic carbocycles. The number of nitrogens with two attached hydrogens (primary N) is 1. The van der Waals surface area contributed by atoms with Crippen LogP contribution in [0.3, 0.4) is 0 Å². The average Bonchev–Trinajstić information content (AvgIpc) is 2.97. The molecule has 5 heteroatoms. The Morgan fingerprint density at radius 3 is 3.15 bits per heavy atom. The Hall–Kier alpha value is -1.33. The van der Waals surface area contributed by atoms with Crippen LogP contribution < -0.4 is 10.5 Å². The van der Waals surface area contributed by atoms with Crippen molar-refractivity contribution in [3.05, 3.63) is 46.0 Å². The van der Waals surface area contributed by atoms with E-state index in [4.69, 9.17) is 10.5 Å². The van der Waals surface area contributed by atoms with Crippen molar-refractivity contribution in [3.63, 3.8) is 0 Å². The third kappa shape index (κ3) is 2.88. The van der Waals surface area contributed by atoms with Gasteiger partial charge in [0, 0.05) is 35.1 Å². The first-order chi connectivity index (χ1) is 9.61. The second-order valence-electron chi connectivity index (χ2n) is 5.37. The zero-order valence-corrected chi connectivity index (χ0v) is 13.1. The van der Waals surface area contributed by atoms with Gasteiger partial charge in [-0.05, 0) is 24.6 Å². The predicted molar refractivity (Wildman–Crippen MR) is 82.0 cm³/mol. The third-order valence-electron chi connectivity index (χ3n) is 3.40. The van der Waals surface area contributed by atoms with Gasteiger partial charge in [-0.2, -0.15) is 0 Å². The molecule has 0 amide bonds. The summed E-state index contributed by atoms with van der Waals surface area (Å²) in [6.45, 7) is 3.54. The van der Waals surface area contributed by atoms with Crippen LogP contribution in [0.15, 0.2) is 29.1 Å². The third-order valence-corrected chi connectivity index (χ3v) is 3.85. The van der Waals surface area contributed by atoms with Crippen LogP contribution in [0.25, 0.3) is 0 Å². The fourth-order valence-corrected chi connectivity index (χ4v) is 3.14. The molecule has 1 atom stereocenters. The lowest BCUT2D eigenvalue weighted by atomic mass is 10.1. The van der Waals surface area contributed by atoms with Gasteiger partial charge >= 0.3 is 0 Å². The maximum atomic E-state index is 5.80. The molecule has 2 heterocycles. The van der Waals surface area contributed by atoms with E-state index < -0.39 is 0 Å². The van der Waals surface area contributed by atoms with Crippen molar-refractivity contribution >= 4 is 15.9 Å². The van der Waals surface area contributed by atoms with Crippen LogP contribution in [0.4, 0.5) is 0 Å². The highest BCUT2D eigenvalue weighted by Gasteiger charge is 2.17. The Bertz CT molecular complexity index is 622. The zero-order chi connectivity index (χ0) is 14.1. The highest BCUT2D eigenvalue weighted by atomic mass is 79.9. The van der Waals surface area contributed by atoms with Gasteiger partial charge < -0.3 is 15.0 Å². The second-order valence-corrected chi connectivity index (χ2v) is 6.29. The van der Waals surface area contributed by atoms with E-state index in [-0.39, 0.29) is 6.04 Å². The van der Waals surface area contributed by atoms with E-state index in [1.54, 1.807) is 0 Å². The minimum Gasteiger partial charge on any atom is -0.493 e. The molecule has 4 nitrogen and oxygen atoms in total. The minimum absolute atomic E-state index is 0.136. The quantitative estimate of drug-likeness (QED) is 0.933. The van der Waals surface area contributed by atoms with Crippen molar-refractivity contribution in [2.45, 2.75) is 32.4 Å². The SMILES string of the molecule is CC(N)Cc1cn(Cc2cc(Br)cc3c2OCC3)cn1. The van der Waals surface area contributed by atoms with E-state index in [1.807, 2.05) is 13.3 Å². The van der Waals surface area contributed by atoms with Crippen LogP contribution in [0.2, 0.25) is 0 Å². The monoisotopic (exact) mass is 335 g/mol. The van der Waals surface area contributed by atoms with Gasteiger partial charge in [0.1, 0.15) is 5.75 Å². The molecule has 0 fully saturated rings. The van der Waals surface area contributed by atoms with Crippen LogP contribution in [-0.2, 0) is 19.4 Å². The van der Waals surface area contributed by atoms with Gasteiger partial charge in [-0.15, -0.1) is 0 Å². The van der Waals surface area contributed by atoms with Crippen LogP contribution in [0, 0.1) is 0 Å². The van der Waals surface area contributed by atoms with Crippen molar-refractivity contribution < 1.29 is 4.74 Å². The predicted octanol–water partition coefficient (Wildman–Crippen LogP) is 2.52. The lowest BCUT2D eigenvalue weighted by Crippen LogP contribution is -2.17. The fourth-order valence-electron chi connectivity index (χ4n) is 2.59. The number of halogens is 1. The molecule has 106 valence electrons. The summed E-state index contributed by atoms with van der Waals surface area (Å²) in [5, 5.41) is 0. The summed E-state index contributed by atoms with van der Waals surface area (Å²) in [5.74, 6) is 1.04. The molecule has 1 aliphatic rings. The topological polar surface area (TPSA) is 53.1 Å². The molecule has 20 heavy (non-hydrogen) atoms. The molecule has 1 aromatic heterocycles. The van der Waals surface area contributed by atoms with Gasteiger partial charge in [-0.3, -0.25) is 0 Å². The van der Waals surface area contributed by atoms with E-state index in [2.05, 4.69) is 43.8 Å². The number of imidazole rings is 1. The minimum atomic E-state index is 0.136. The first kappa shape index (κ1) is 13.6. The number of hydrogen-bond donors (Lipinski definition) is 1. The molecule has 0 bridgehead atoms. The van der Waals surface area contributed by atoms with Gasteiger partial charge in [0.15, 0.2) is 0 Å². The first-order valence-corrected chi connectivity index (χ1v) is 7.61. The molecule has 0 spiro atoms. The van der Waals surface area contributed by atoms with E-state index in [0.29, 0.717) is 0 Å². The highest BCUT2D eigenvalue weighted by Crippen LogP contribution is 2.33.